The molecule has 0 spiro atoms. The van der Waals surface area contributed by atoms with Crippen LogP contribution in [0.5, 0.6) is 0 Å². The van der Waals surface area contributed by atoms with Crippen LogP contribution >= 0.6 is 15.9 Å². The molecule has 0 atom stereocenters. The largest absolute Gasteiger partial charge is 0.397 e. The van der Waals surface area contributed by atoms with E-state index in [0.29, 0.717) is 5.69 Å². The Bertz CT molecular complexity index is 524. The van der Waals surface area contributed by atoms with Crippen LogP contribution in [0.2, 0.25) is 0 Å². The number of unbranched alkanes of at least 4 members (excludes halogenated alkanes) is 1. The number of hydrogen-bond acceptors (Lipinski definition) is 4. The van der Waals surface area contributed by atoms with Crippen LogP contribution in [0.25, 0.3) is 0 Å². The monoisotopic (exact) mass is 323 g/mol. The van der Waals surface area contributed by atoms with E-state index in [2.05, 4.69) is 35.8 Å². The van der Waals surface area contributed by atoms with Crippen LogP contribution in [0.4, 0.5) is 11.5 Å². The van der Waals surface area contributed by atoms with Crippen LogP contribution in [0.1, 0.15) is 18.4 Å². The van der Waals surface area contributed by atoms with E-state index in [0.717, 1.165) is 41.8 Å². The van der Waals surface area contributed by atoms with Crippen molar-refractivity contribution in [2.45, 2.75) is 26.3 Å². The van der Waals surface area contributed by atoms with Gasteiger partial charge in [0.1, 0.15) is 5.82 Å². The molecule has 0 unspecified atom stereocenters. The molecular formula is C13H18BrN5. The first-order valence-corrected chi connectivity index (χ1v) is 7.08. The molecule has 2 rings (SSSR count). The highest BCUT2D eigenvalue weighted by molar-refractivity contribution is 9.10. The molecule has 6 heteroatoms. The molecule has 19 heavy (non-hydrogen) atoms. The maximum Gasteiger partial charge on any atom is 0.140 e. The summed E-state index contributed by atoms with van der Waals surface area (Å²) in [6, 6.07) is 0. The van der Waals surface area contributed by atoms with Gasteiger partial charge in [0.15, 0.2) is 0 Å². The number of aryl methyl sites for hydroxylation is 1. The molecule has 2 aromatic rings. The minimum absolute atomic E-state index is 0.706. The molecule has 0 aliphatic heterocycles. The Kier molecular flexibility index (Phi) is 4.79. The van der Waals surface area contributed by atoms with Gasteiger partial charge in [0.25, 0.3) is 0 Å². The lowest BCUT2D eigenvalue weighted by atomic mass is 10.2. The van der Waals surface area contributed by atoms with Crippen LogP contribution in [0.3, 0.4) is 0 Å². The van der Waals surface area contributed by atoms with Crippen molar-refractivity contribution in [2.24, 2.45) is 0 Å². The number of anilines is 2. The predicted molar refractivity (Wildman–Crippen MR) is 81.0 cm³/mol. The standard InChI is InChI=1S/C13H18BrN5/c1-10-11(15)8-18-13(12(10)14)17-4-2-3-6-19-7-5-16-9-19/h5,7-9H,2-4,6,15H2,1H3,(H,17,18). The summed E-state index contributed by atoms with van der Waals surface area (Å²) in [7, 11) is 0. The van der Waals surface area contributed by atoms with Crippen molar-refractivity contribution >= 4 is 27.4 Å². The molecule has 0 fully saturated rings. The van der Waals surface area contributed by atoms with Crippen LogP contribution < -0.4 is 11.1 Å². The van der Waals surface area contributed by atoms with E-state index < -0.39 is 0 Å². The van der Waals surface area contributed by atoms with Gasteiger partial charge < -0.3 is 15.6 Å². The van der Waals surface area contributed by atoms with Gasteiger partial charge in [0.2, 0.25) is 0 Å². The van der Waals surface area contributed by atoms with Crippen molar-refractivity contribution in [3.05, 3.63) is 35.0 Å². The van der Waals surface area contributed by atoms with Crippen molar-refractivity contribution in [1.29, 1.82) is 0 Å². The minimum atomic E-state index is 0.706. The van der Waals surface area contributed by atoms with Crippen molar-refractivity contribution in [2.75, 3.05) is 17.6 Å². The van der Waals surface area contributed by atoms with Crippen LogP contribution in [0, 0.1) is 6.92 Å². The lowest BCUT2D eigenvalue weighted by molar-refractivity contribution is 0.620. The highest BCUT2D eigenvalue weighted by Gasteiger charge is 2.06. The van der Waals surface area contributed by atoms with Crippen LogP contribution in [-0.4, -0.2) is 21.1 Å². The highest BCUT2D eigenvalue weighted by atomic mass is 79.9. The van der Waals surface area contributed by atoms with Crippen LogP contribution in [0.15, 0.2) is 29.4 Å². The van der Waals surface area contributed by atoms with Gasteiger partial charge in [-0.1, -0.05) is 0 Å². The maximum absolute atomic E-state index is 5.79. The Hall–Kier alpha value is -1.56. The number of hydrogen-bond donors (Lipinski definition) is 2. The number of imidazole rings is 1. The average molecular weight is 324 g/mol. The van der Waals surface area contributed by atoms with Gasteiger partial charge >= 0.3 is 0 Å². The number of nitrogens with two attached hydrogens (primary N) is 1. The lowest BCUT2D eigenvalue weighted by Gasteiger charge is -2.10. The molecular weight excluding hydrogens is 306 g/mol. The molecule has 0 aliphatic carbocycles. The Labute approximate surface area is 121 Å². The summed E-state index contributed by atoms with van der Waals surface area (Å²) < 4.78 is 3.03. The van der Waals surface area contributed by atoms with Gasteiger partial charge in [-0.2, -0.15) is 0 Å². The molecule has 0 saturated carbocycles. The maximum atomic E-state index is 5.79. The summed E-state index contributed by atoms with van der Waals surface area (Å²) in [6.45, 7) is 3.87. The van der Waals surface area contributed by atoms with Gasteiger partial charge in [-0.05, 0) is 41.3 Å². The first kappa shape index (κ1) is 13.9. The van der Waals surface area contributed by atoms with Crippen molar-refractivity contribution in [3.8, 4) is 0 Å². The van der Waals surface area contributed by atoms with Gasteiger partial charge in [0.05, 0.1) is 22.7 Å². The number of pyridine rings is 1. The smallest absolute Gasteiger partial charge is 0.140 e. The van der Waals surface area contributed by atoms with E-state index in [1.807, 2.05) is 19.4 Å². The molecule has 2 heterocycles. The number of rotatable bonds is 6. The second kappa shape index (κ2) is 6.56. The molecule has 0 amide bonds. The molecule has 0 aromatic carbocycles. The molecule has 5 nitrogen and oxygen atoms in total. The van der Waals surface area contributed by atoms with Gasteiger partial charge in [-0.15, -0.1) is 0 Å². The third-order valence-corrected chi connectivity index (χ3v) is 3.97. The number of aromatic nitrogens is 3. The predicted octanol–water partition coefficient (Wildman–Crippen LogP) is 2.82. The molecule has 0 radical (unpaired) electrons. The quantitative estimate of drug-likeness (QED) is 0.802. The van der Waals surface area contributed by atoms with E-state index in [1.54, 1.807) is 12.4 Å². The SMILES string of the molecule is Cc1c(N)cnc(NCCCCn2ccnc2)c1Br. The Morgan fingerprint density at radius 1 is 1.42 bits per heavy atom. The van der Waals surface area contributed by atoms with E-state index in [9.17, 15) is 0 Å². The van der Waals surface area contributed by atoms with Gasteiger partial charge in [-0.25, -0.2) is 9.97 Å². The molecule has 0 bridgehead atoms. The number of halogens is 1. The summed E-state index contributed by atoms with van der Waals surface area (Å²) in [5.74, 6) is 0.856. The zero-order chi connectivity index (χ0) is 13.7. The van der Waals surface area contributed by atoms with E-state index >= 15 is 0 Å². The number of nitrogens with one attached hydrogen (secondary N) is 1. The first-order chi connectivity index (χ1) is 9.18. The normalized spacial score (nSPS) is 10.6. The van der Waals surface area contributed by atoms with Gasteiger partial charge in [-0.3, -0.25) is 0 Å². The fraction of sp³-hybridized carbons (Fsp3) is 0.385. The number of nitrogen functional groups attached to an aromatic ring is 1. The topological polar surface area (TPSA) is 68.8 Å². The Morgan fingerprint density at radius 3 is 3.00 bits per heavy atom. The Balaban J connectivity index is 1.75. The average Bonchev–Trinajstić information content (AvgIpc) is 2.91. The Morgan fingerprint density at radius 2 is 2.26 bits per heavy atom. The second-order valence-corrected chi connectivity index (χ2v) is 5.23. The minimum Gasteiger partial charge on any atom is -0.397 e. The highest BCUT2D eigenvalue weighted by Crippen LogP contribution is 2.27. The fourth-order valence-corrected chi connectivity index (χ4v) is 2.23. The van der Waals surface area contributed by atoms with Gasteiger partial charge in [0, 0.05) is 25.5 Å². The van der Waals surface area contributed by atoms with E-state index in [1.165, 1.54) is 0 Å². The fourth-order valence-electron chi connectivity index (χ4n) is 1.76. The molecule has 0 saturated heterocycles. The van der Waals surface area contributed by atoms with E-state index in [4.69, 9.17) is 5.73 Å². The summed E-state index contributed by atoms with van der Waals surface area (Å²) in [5.41, 5.74) is 7.52. The summed E-state index contributed by atoms with van der Waals surface area (Å²) in [4.78, 5) is 8.31. The van der Waals surface area contributed by atoms with Crippen molar-refractivity contribution in [3.63, 3.8) is 0 Å². The summed E-state index contributed by atoms with van der Waals surface area (Å²) in [5, 5.41) is 3.32. The van der Waals surface area contributed by atoms with Crippen LogP contribution in [-0.2, 0) is 6.54 Å². The number of nitrogens with zero attached hydrogens (tertiary/aromatic N) is 3. The lowest BCUT2D eigenvalue weighted by Crippen LogP contribution is -2.07. The molecule has 0 aliphatic rings. The van der Waals surface area contributed by atoms with Crippen molar-refractivity contribution < 1.29 is 0 Å². The molecule has 2 aromatic heterocycles. The zero-order valence-corrected chi connectivity index (χ0v) is 12.5. The second-order valence-electron chi connectivity index (χ2n) is 4.44. The summed E-state index contributed by atoms with van der Waals surface area (Å²) >= 11 is 3.51. The zero-order valence-electron chi connectivity index (χ0n) is 10.9. The molecule has 3 N–H and O–H groups in total. The third kappa shape index (κ3) is 3.70. The third-order valence-electron chi connectivity index (χ3n) is 3.00. The first-order valence-electron chi connectivity index (χ1n) is 6.28. The van der Waals surface area contributed by atoms with E-state index in [-0.39, 0.29) is 0 Å². The summed E-state index contributed by atoms with van der Waals surface area (Å²) in [6.07, 6.45) is 9.50. The molecule has 102 valence electrons. The van der Waals surface area contributed by atoms with Crippen molar-refractivity contribution in [1.82, 2.24) is 14.5 Å².